The summed E-state index contributed by atoms with van der Waals surface area (Å²) in [6.45, 7) is 0.0322. The van der Waals surface area contributed by atoms with Crippen molar-refractivity contribution in [2.24, 2.45) is 0 Å². The van der Waals surface area contributed by atoms with Gasteiger partial charge in [0.2, 0.25) is 5.28 Å². The molecular formula is C10H10ClN3O. The van der Waals surface area contributed by atoms with Crippen LogP contribution in [-0.4, -0.2) is 19.6 Å². The van der Waals surface area contributed by atoms with E-state index < -0.39 is 0 Å². The number of nitrogens with zero attached hydrogens (tertiary/aromatic N) is 3. The van der Waals surface area contributed by atoms with Crippen LogP contribution in [0.5, 0.6) is 0 Å². The summed E-state index contributed by atoms with van der Waals surface area (Å²) in [7, 11) is 0. The molecule has 0 atom stereocenters. The third-order valence-corrected chi connectivity index (χ3v) is 2.88. The van der Waals surface area contributed by atoms with Crippen molar-refractivity contribution in [1.82, 2.24) is 14.5 Å². The second-order valence-electron chi connectivity index (χ2n) is 3.81. The van der Waals surface area contributed by atoms with Crippen LogP contribution in [0.15, 0.2) is 12.3 Å². The molecule has 0 spiro atoms. The summed E-state index contributed by atoms with van der Waals surface area (Å²) >= 11 is 5.77. The zero-order chi connectivity index (χ0) is 10.4. The van der Waals surface area contributed by atoms with Crippen LogP contribution in [0.25, 0.3) is 11.0 Å². The molecule has 0 aromatic carbocycles. The molecular weight excluding hydrogens is 214 g/mol. The zero-order valence-corrected chi connectivity index (χ0v) is 8.78. The van der Waals surface area contributed by atoms with Crippen molar-refractivity contribution in [3.63, 3.8) is 0 Å². The molecule has 78 valence electrons. The maximum Gasteiger partial charge on any atom is 0.224 e. The standard InChI is InChI=1S/C10H10ClN3O/c11-10-12-4-6-3-8(5-15)14(7-1-2-7)9(6)13-10/h3-4,7,15H,1-2,5H2. The molecule has 2 heterocycles. The molecule has 5 heteroatoms. The van der Waals surface area contributed by atoms with Crippen molar-refractivity contribution < 1.29 is 5.11 Å². The Morgan fingerprint density at radius 1 is 1.53 bits per heavy atom. The Kier molecular flexibility index (Phi) is 1.94. The smallest absolute Gasteiger partial charge is 0.224 e. The van der Waals surface area contributed by atoms with Gasteiger partial charge in [0.25, 0.3) is 0 Å². The average Bonchev–Trinajstić information content (AvgIpc) is 2.99. The van der Waals surface area contributed by atoms with Gasteiger partial charge in [-0.1, -0.05) is 0 Å². The maximum absolute atomic E-state index is 9.26. The number of aliphatic hydroxyl groups is 1. The topological polar surface area (TPSA) is 50.9 Å². The molecule has 2 aromatic heterocycles. The second-order valence-corrected chi connectivity index (χ2v) is 4.15. The summed E-state index contributed by atoms with van der Waals surface area (Å²) in [5.41, 5.74) is 1.73. The van der Waals surface area contributed by atoms with Crippen LogP contribution in [0, 0.1) is 0 Å². The highest BCUT2D eigenvalue weighted by molar-refractivity contribution is 6.28. The molecule has 4 nitrogen and oxygen atoms in total. The van der Waals surface area contributed by atoms with Crippen molar-refractivity contribution in [1.29, 1.82) is 0 Å². The molecule has 0 saturated heterocycles. The van der Waals surface area contributed by atoms with E-state index in [-0.39, 0.29) is 11.9 Å². The number of hydrogen-bond donors (Lipinski definition) is 1. The van der Waals surface area contributed by atoms with Gasteiger partial charge in [0, 0.05) is 23.3 Å². The third-order valence-electron chi connectivity index (χ3n) is 2.70. The molecule has 1 aliphatic rings. The lowest BCUT2D eigenvalue weighted by Gasteiger charge is -2.05. The fraction of sp³-hybridized carbons (Fsp3) is 0.400. The molecule has 15 heavy (non-hydrogen) atoms. The number of rotatable bonds is 2. The van der Waals surface area contributed by atoms with E-state index in [4.69, 9.17) is 11.6 Å². The molecule has 1 saturated carbocycles. The second kappa shape index (κ2) is 3.18. The molecule has 0 bridgehead atoms. The van der Waals surface area contributed by atoms with E-state index in [1.54, 1.807) is 6.20 Å². The molecule has 3 rings (SSSR count). The number of fused-ring (bicyclic) bond motifs is 1. The van der Waals surface area contributed by atoms with Crippen molar-refractivity contribution in [3.05, 3.63) is 23.2 Å². The van der Waals surface area contributed by atoms with E-state index in [9.17, 15) is 5.11 Å². The molecule has 1 fully saturated rings. The lowest BCUT2D eigenvalue weighted by molar-refractivity contribution is 0.271. The quantitative estimate of drug-likeness (QED) is 0.792. The first kappa shape index (κ1) is 9.12. The van der Waals surface area contributed by atoms with Crippen LogP contribution in [0.4, 0.5) is 0 Å². The van der Waals surface area contributed by atoms with E-state index in [0.717, 1.165) is 29.6 Å². The summed E-state index contributed by atoms with van der Waals surface area (Å²) in [5.74, 6) is 0. The lowest BCUT2D eigenvalue weighted by Crippen LogP contribution is -2.01. The predicted octanol–water partition coefficient (Wildman–Crippen LogP) is 1.91. The van der Waals surface area contributed by atoms with E-state index in [2.05, 4.69) is 14.5 Å². The zero-order valence-electron chi connectivity index (χ0n) is 8.02. The van der Waals surface area contributed by atoms with Crippen molar-refractivity contribution in [2.45, 2.75) is 25.5 Å². The fourth-order valence-corrected chi connectivity index (χ4v) is 2.03. The molecule has 0 aliphatic heterocycles. The van der Waals surface area contributed by atoms with Gasteiger partial charge in [-0.2, -0.15) is 4.98 Å². The molecule has 0 unspecified atom stereocenters. The first-order valence-corrected chi connectivity index (χ1v) is 5.30. The van der Waals surface area contributed by atoms with Crippen molar-refractivity contribution >= 4 is 22.6 Å². The molecule has 1 aliphatic carbocycles. The van der Waals surface area contributed by atoms with Crippen molar-refractivity contribution in [2.75, 3.05) is 0 Å². The molecule has 0 radical (unpaired) electrons. The van der Waals surface area contributed by atoms with E-state index in [1.165, 1.54) is 0 Å². The molecule has 0 amide bonds. The summed E-state index contributed by atoms with van der Waals surface area (Å²) in [6, 6.07) is 2.40. The van der Waals surface area contributed by atoms with E-state index in [1.807, 2.05) is 6.07 Å². The summed E-state index contributed by atoms with van der Waals surface area (Å²) < 4.78 is 2.07. The maximum atomic E-state index is 9.26. The van der Waals surface area contributed by atoms with Gasteiger partial charge in [-0.15, -0.1) is 0 Å². The van der Waals surface area contributed by atoms with Crippen LogP contribution >= 0.6 is 11.6 Å². The average molecular weight is 224 g/mol. The van der Waals surface area contributed by atoms with E-state index in [0.29, 0.717) is 6.04 Å². The van der Waals surface area contributed by atoms with Gasteiger partial charge in [0.15, 0.2) is 0 Å². The van der Waals surface area contributed by atoms with E-state index >= 15 is 0 Å². The van der Waals surface area contributed by atoms with Gasteiger partial charge in [-0.25, -0.2) is 4.98 Å². The number of aromatic nitrogens is 3. The monoisotopic (exact) mass is 223 g/mol. The summed E-state index contributed by atoms with van der Waals surface area (Å²) in [5, 5.41) is 10.5. The Labute approximate surface area is 91.5 Å². The van der Waals surface area contributed by atoms with Gasteiger partial charge >= 0.3 is 0 Å². The minimum absolute atomic E-state index is 0.0322. The van der Waals surface area contributed by atoms with Crippen molar-refractivity contribution in [3.8, 4) is 0 Å². The summed E-state index contributed by atoms with van der Waals surface area (Å²) in [6.07, 6.45) is 4.00. The first-order chi connectivity index (χ1) is 7.29. The Morgan fingerprint density at radius 2 is 2.33 bits per heavy atom. The van der Waals surface area contributed by atoms with Crippen LogP contribution in [0.2, 0.25) is 5.28 Å². The lowest BCUT2D eigenvalue weighted by atomic mass is 10.4. The Hall–Kier alpha value is -1.13. The molecule has 1 N–H and O–H groups in total. The third kappa shape index (κ3) is 1.41. The van der Waals surface area contributed by atoms with Crippen LogP contribution < -0.4 is 0 Å². The number of aliphatic hydroxyl groups excluding tert-OH is 1. The van der Waals surface area contributed by atoms with Gasteiger partial charge in [0.05, 0.1) is 6.61 Å². The number of halogens is 1. The normalized spacial score (nSPS) is 16.1. The van der Waals surface area contributed by atoms with Crippen LogP contribution in [0.1, 0.15) is 24.6 Å². The van der Waals surface area contributed by atoms with Crippen LogP contribution in [-0.2, 0) is 6.61 Å². The summed E-state index contributed by atoms with van der Waals surface area (Å²) in [4.78, 5) is 8.15. The predicted molar refractivity (Wildman–Crippen MR) is 56.7 cm³/mol. The van der Waals surface area contributed by atoms with Gasteiger partial charge < -0.3 is 9.67 Å². The van der Waals surface area contributed by atoms with Gasteiger partial charge in [0.1, 0.15) is 5.65 Å². The van der Waals surface area contributed by atoms with Gasteiger partial charge in [-0.3, -0.25) is 0 Å². The highest BCUT2D eigenvalue weighted by atomic mass is 35.5. The minimum Gasteiger partial charge on any atom is -0.390 e. The Bertz CT molecular complexity index is 519. The first-order valence-electron chi connectivity index (χ1n) is 4.93. The Balaban J connectivity index is 2.30. The minimum atomic E-state index is 0.0322. The van der Waals surface area contributed by atoms with Crippen LogP contribution in [0.3, 0.4) is 0 Å². The highest BCUT2D eigenvalue weighted by Gasteiger charge is 2.27. The fourth-order valence-electron chi connectivity index (χ4n) is 1.90. The highest BCUT2D eigenvalue weighted by Crippen LogP contribution is 2.39. The number of hydrogen-bond acceptors (Lipinski definition) is 3. The largest absolute Gasteiger partial charge is 0.390 e. The van der Waals surface area contributed by atoms with Gasteiger partial charge in [-0.05, 0) is 30.5 Å². The SMILES string of the molecule is OCc1cc2cnc(Cl)nc2n1C1CC1. The molecule has 2 aromatic rings. The Morgan fingerprint density at radius 3 is 3.00 bits per heavy atom.